The molecule has 0 aliphatic heterocycles. The molecule has 0 atom stereocenters. The Balaban J connectivity index is 0.987. The lowest BCUT2D eigenvalue weighted by Crippen LogP contribution is -2.18. The molecule has 3 fully saturated rings. The minimum absolute atomic E-state index is 0.00277. The molecule has 2 aromatic carbocycles. The maximum absolute atomic E-state index is 15.0. The Kier molecular flexibility index (Phi) is 12.5. The van der Waals surface area contributed by atoms with E-state index in [1.807, 2.05) is 6.92 Å². The van der Waals surface area contributed by atoms with E-state index in [1.165, 1.54) is 50.7 Å². The lowest BCUT2D eigenvalue weighted by atomic mass is 9.74. The quantitative estimate of drug-likeness (QED) is 0.130. The van der Waals surface area contributed by atoms with Gasteiger partial charge < -0.3 is 0 Å². The third-order valence-corrected chi connectivity index (χ3v) is 11.3. The van der Waals surface area contributed by atoms with E-state index >= 15 is 0 Å². The smallest absolute Gasteiger partial charge is 0.194 e. The molecule has 0 heterocycles. The summed E-state index contributed by atoms with van der Waals surface area (Å²) in [5.74, 6) is -2.91. The van der Waals surface area contributed by atoms with Crippen LogP contribution in [0.2, 0.25) is 0 Å². The van der Waals surface area contributed by atoms with Gasteiger partial charge in [-0.05, 0) is 148 Å². The second kappa shape index (κ2) is 16.6. The number of rotatable bonds is 11. The molecule has 3 saturated carbocycles. The summed E-state index contributed by atoms with van der Waals surface area (Å²) in [5, 5.41) is 0. The Hall–Kier alpha value is -2.50. The van der Waals surface area contributed by atoms with Gasteiger partial charge in [0, 0.05) is 12.0 Å². The Morgan fingerprint density at radius 3 is 1.72 bits per heavy atom. The first-order valence-electron chi connectivity index (χ1n) is 17.9. The highest BCUT2D eigenvalue weighted by Gasteiger charge is 2.28. The number of unbranched alkanes of at least 4 members (excludes halogenated alkanes) is 1. The Labute approximate surface area is 271 Å². The van der Waals surface area contributed by atoms with Crippen molar-refractivity contribution in [2.45, 2.75) is 128 Å². The molecule has 0 spiro atoms. The number of benzene rings is 2. The van der Waals surface area contributed by atoms with Crippen molar-refractivity contribution in [3.05, 3.63) is 88.3 Å². The van der Waals surface area contributed by atoms with Crippen LogP contribution in [0.1, 0.15) is 145 Å². The van der Waals surface area contributed by atoms with Gasteiger partial charge in [0.1, 0.15) is 11.6 Å². The van der Waals surface area contributed by atoms with Crippen LogP contribution in [0.3, 0.4) is 0 Å². The lowest BCUT2D eigenvalue weighted by molar-refractivity contribution is 0.244. The van der Waals surface area contributed by atoms with Crippen molar-refractivity contribution in [2.24, 2.45) is 23.7 Å². The highest BCUT2D eigenvalue weighted by molar-refractivity contribution is 5.61. The summed E-state index contributed by atoms with van der Waals surface area (Å²) in [6.07, 6.45) is 21.5. The van der Waals surface area contributed by atoms with Gasteiger partial charge >= 0.3 is 0 Å². The van der Waals surface area contributed by atoms with Crippen molar-refractivity contribution in [3.8, 4) is 0 Å². The molecule has 0 unspecified atom stereocenters. The molecule has 0 N–H and O–H groups in total. The van der Waals surface area contributed by atoms with Gasteiger partial charge in [-0.1, -0.05) is 50.5 Å². The first-order chi connectivity index (χ1) is 22.2. The van der Waals surface area contributed by atoms with Gasteiger partial charge in [-0.3, -0.25) is 0 Å². The van der Waals surface area contributed by atoms with Crippen molar-refractivity contribution >= 4 is 5.83 Å². The molecule has 3 aliphatic carbocycles. The molecular formula is C40H50F6. The second-order valence-corrected chi connectivity index (χ2v) is 14.4. The number of allylic oxidation sites excluding steroid dienone is 3. The molecule has 252 valence electrons. The van der Waals surface area contributed by atoms with Gasteiger partial charge in [0.2, 0.25) is 0 Å². The summed E-state index contributed by atoms with van der Waals surface area (Å²) in [4.78, 5) is 0. The molecule has 0 saturated heterocycles. The molecule has 5 rings (SSSR count). The number of halogens is 6. The van der Waals surface area contributed by atoms with E-state index in [0.717, 1.165) is 75.8 Å². The van der Waals surface area contributed by atoms with Gasteiger partial charge in [-0.25, -0.2) is 26.3 Å². The summed E-state index contributed by atoms with van der Waals surface area (Å²) in [7, 11) is 0. The molecule has 6 heteroatoms. The van der Waals surface area contributed by atoms with Crippen molar-refractivity contribution in [3.63, 3.8) is 0 Å². The van der Waals surface area contributed by atoms with Crippen LogP contribution in [0.15, 0.2) is 48.3 Å². The average Bonchev–Trinajstić information content (AvgIpc) is 3.08. The summed E-state index contributed by atoms with van der Waals surface area (Å²) < 4.78 is 84.1. The van der Waals surface area contributed by atoms with Crippen LogP contribution in [-0.4, -0.2) is 0 Å². The third kappa shape index (κ3) is 9.10. The fourth-order valence-corrected chi connectivity index (χ4v) is 8.27. The van der Waals surface area contributed by atoms with Crippen LogP contribution >= 0.6 is 0 Å². The van der Waals surface area contributed by atoms with E-state index in [4.69, 9.17) is 0 Å². The molecule has 0 radical (unpaired) electrons. The van der Waals surface area contributed by atoms with Crippen molar-refractivity contribution in [2.75, 3.05) is 0 Å². The van der Waals surface area contributed by atoms with E-state index in [2.05, 4.69) is 12.2 Å². The second-order valence-electron chi connectivity index (χ2n) is 14.4. The molecule has 2 aromatic rings. The molecule has 0 aromatic heterocycles. The summed E-state index contributed by atoms with van der Waals surface area (Å²) in [5.41, 5.74) is 1.21. The monoisotopic (exact) mass is 644 g/mol. The lowest BCUT2D eigenvalue weighted by Gasteiger charge is -2.32. The van der Waals surface area contributed by atoms with E-state index < -0.39 is 34.9 Å². The SMILES string of the molecule is CCCC/C(F)=C(\F)c1ccc(C2CCC(CCC3CCC(/C=C/C4CCC(c5cc(F)c(F)c(F)c5)CC4)CC3)CC2)c(F)c1. The maximum atomic E-state index is 15.0. The van der Waals surface area contributed by atoms with Crippen molar-refractivity contribution in [1.82, 2.24) is 0 Å². The van der Waals surface area contributed by atoms with Crippen LogP contribution in [0.4, 0.5) is 26.3 Å². The maximum Gasteiger partial charge on any atom is 0.194 e. The van der Waals surface area contributed by atoms with Gasteiger partial charge in [0.15, 0.2) is 23.3 Å². The van der Waals surface area contributed by atoms with Crippen LogP contribution < -0.4 is 0 Å². The summed E-state index contributed by atoms with van der Waals surface area (Å²) >= 11 is 0. The molecule has 0 bridgehead atoms. The van der Waals surface area contributed by atoms with Gasteiger partial charge in [0.25, 0.3) is 0 Å². The van der Waals surface area contributed by atoms with E-state index in [1.54, 1.807) is 6.07 Å². The van der Waals surface area contributed by atoms with E-state index in [0.29, 0.717) is 35.3 Å². The molecule has 0 amide bonds. The first-order valence-corrected chi connectivity index (χ1v) is 17.9. The number of hydrogen-bond acceptors (Lipinski definition) is 0. The molecule has 3 aliphatic rings. The minimum atomic E-state index is -1.39. The highest BCUT2D eigenvalue weighted by atomic mass is 19.2. The predicted octanol–water partition coefficient (Wildman–Crippen LogP) is 13.4. The standard InChI is InChI=1S/C40H50F6/c1-2-3-4-35(41)39(45)32-21-22-34(36(42)23-32)31-19-15-29(16-20-31)12-10-27-7-5-26(6-8-27)9-11-28-13-17-30(18-14-28)33-24-37(43)40(46)38(44)25-33/h9,11,21-31H,2-8,10,12-20H2,1H3/b11-9+,39-35+. The fraction of sp³-hybridized carbons (Fsp3) is 0.600. The topological polar surface area (TPSA) is 0 Å². The van der Waals surface area contributed by atoms with Gasteiger partial charge in [0.05, 0.1) is 0 Å². The zero-order valence-corrected chi connectivity index (χ0v) is 27.3. The van der Waals surface area contributed by atoms with E-state index in [-0.39, 0.29) is 23.8 Å². The van der Waals surface area contributed by atoms with Crippen LogP contribution in [0.25, 0.3) is 5.83 Å². The van der Waals surface area contributed by atoms with Crippen molar-refractivity contribution in [1.29, 1.82) is 0 Å². The summed E-state index contributed by atoms with van der Waals surface area (Å²) in [6, 6.07) is 6.68. The van der Waals surface area contributed by atoms with E-state index in [9.17, 15) is 26.3 Å². The van der Waals surface area contributed by atoms with Crippen LogP contribution in [0.5, 0.6) is 0 Å². The minimum Gasteiger partial charge on any atom is -0.209 e. The third-order valence-electron chi connectivity index (χ3n) is 11.3. The Morgan fingerprint density at radius 2 is 1.17 bits per heavy atom. The average molecular weight is 645 g/mol. The predicted molar refractivity (Wildman–Crippen MR) is 175 cm³/mol. The largest absolute Gasteiger partial charge is 0.209 e. The normalized spacial score (nSPS) is 28.0. The van der Waals surface area contributed by atoms with Crippen LogP contribution in [-0.2, 0) is 0 Å². The number of hydrogen-bond donors (Lipinski definition) is 0. The van der Waals surface area contributed by atoms with Gasteiger partial charge in [-0.2, -0.15) is 0 Å². The van der Waals surface area contributed by atoms with Gasteiger partial charge in [-0.15, -0.1) is 0 Å². The van der Waals surface area contributed by atoms with Crippen LogP contribution in [0, 0.1) is 46.9 Å². The Morgan fingerprint density at radius 1 is 0.652 bits per heavy atom. The molecular weight excluding hydrogens is 594 g/mol. The Bertz CT molecular complexity index is 1310. The molecule has 46 heavy (non-hydrogen) atoms. The first kappa shape index (κ1) is 34.8. The molecule has 0 nitrogen and oxygen atoms in total. The van der Waals surface area contributed by atoms with Crippen molar-refractivity contribution < 1.29 is 26.3 Å². The summed E-state index contributed by atoms with van der Waals surface area (Å²) in [6.45, 7) is 1.92. The fourth-order valence-electron chi connectivity index (χ4n) is 8.27. The highest BCUT2D eigenvalue weighted by Crippen LogP contribution is 2.42. The zero-order valence-electron chi connectivity index (χ0n) is 27.3. The zero-order chi connectivity index (χ0) is 32.6.